The summed E-state index contributed by atoms with van der Waals surface area (Å²) in [6.07, 6.45) is 1.57. The summed E-state index contributed by atoms with van der Waals surface area (Å²) in [7, 11) is 0. The summed E-state index contributed by atoms with van der Waals surface area (Å²) < 4.78 is 15.0. The monoisotopic (exact) mass is 279 g/mol. The van der Waals surface area contributed by atoms with E-state index in [9.17, 15) is 9.18 Å². The van der Waals surface area contributed by atoms with Gasteiger partial charge in [0.15, 0.2) is 0 Å². The largest absolute Gasteiger partial charge is 0.274 e. The van der Waals surface area contributed by atoms with Crippen molar-refractivity contribution in [2.75, 3.05) is 0 Å². The van der Waals surface area contributed by atoms with E-state index >= 15 is 0 Å². The van der Waals surface area contributed by atoms with Crippen molar-refractivity contribution in [3.8, 4) is 6.07 Å². The molecule has 0 amide bonds. The first-order chi connectivity index (χ1) is 10.2. The molecule has 3 aromatic rings. The molecule has 0 bridgehead atoms. The molecule has 0 N–H and O–H groups in total. The average molecular weight is 279 g/mol. The van der Waals surface area contributed by atoms with Gasteiger partial charge in [0.1, 0.15) is 5.82 Å². The Morgan fingerprint density at radius 1 is 1.24 bits per heavy atom. The van der Waals surface area contributed by atoms with Crippen LogP contribution >= 0.6 is 0 Å². The van der Waals surface area contributed by atoms with E-state index in [1.54, 1.807) is 24.4 Å². The number of nitriles is 1. The van der Waals surface area contributed by atoms with Crippen molar-refractivity contribution in [2.45, 2.75) is 6.54 Å². The summed E-state index contributed by atoms with van der Waals surface area (Å²) in [6.45, 7) is -0.00891. The summed E-state index contributed by atoms with van der Waals surface area (Å²) in [4.78, 5) is 12.3. The van der Waals surface area contributed by atoms with Gasteiger partial charge >= 0.3 is 0 Å². The zero-order valence-corrected chi connectivity index (χ0v) is 11.0. The fourth-order valence-electron chi connectivity index (χ4n) is 2.17. The van der Waals surface area contributed by atoms with Crippen LogP contribution in [-0.2, 0) is 6.54 Å². The number of nitrogens with zero attached hydrogens (tertiary/aromatic N) is 3. The number of hydrogen-bond acceptors (Lipinski definition) is 3. The van der Waals surface area contributed by atoms with Crippen LogP contribution in [0.3, 0.4) is 0 Å². The maximum atomic E-state index is 13.8. The van der Waals surface area contributed by atoms with Crippen LogP contribution < -0.4 is 5.56 Å². The highest BCUT2D eigenvalue weighted by Gasteiger charge is 2.08. The quantitative estimate of drug-likeness (QED) is 0.724. The van der Waals surface area contributed by atoms with Crippen molar-refractivity contribution in [3.05, 3.63) is 76.0 Å². The van der Waals surface area contributed by atoms with E-state index in [0.717, 1.165) is 5.39 Å². The second-order valence-electron chi connectivity index (χ2n) is 4.61. The van der Waals surface area contributed by atoms with E-state index in [4.69, 9.17) is 5.26 Å². The molecular formula is C16H10FN3O. The lowest BCUT2D eigenvalue weighted by molar-refractivity contribution is 0.574. The van der Waals surface area contributed by atoms with Gasteiger partial charge in [0.25, 0.3) is 5.56 Å². The molecule has 0 saturated carbocycles. The Balaban J connectivity index is 2.09. The molecule has 3 rings (SSSR count). The van der Waals surface area contributed by atoms with Crippen LogP contribution in [0, 0.1) is 17.1 Å². The Labute approximate surface area is 119 Å². The molecule has 0 atom stereocenters. The number of halogens is 1. The molecule has 0 aliphatic heterocycles. The first-order valence-corrected chi connectivity index (χ1v) is 6.32. The third-order valence-electron chi connectivity index (χ3n) is 3.26. The smallest absolute Gasteiger partial charge is 0.267 e. The van der Waals surface area contributed by atoms with Gasteiger partial charge in [-0.2, -0.15) is 10.4 Å². The zero-order valence-electron chi connectivity index (χ0n) is 11.0. The Kier molecular flexibility index (Phi) is 3.20. The van der Waals surface area contributed by atoms with Gasteiger partial charge < -0.3 is 0 Å². The van der Waals surface area contributed by atoms with Crippen LogP contribution in [0.1, 0.15) is 11.1 Å². The van der Waals surface area contributed by atoms with Gasteiger partial charge in [-0.3, -0.25) is 4.79 Å². The molecule has 21 heavy (non-hydrogen) atoms. The first kappa shape index (κ1) is 13.0. The standard InChI is InChI=1S/C16H10FN3O/c17-15-6-5-11(8-18)7-13(15)10-20-16(21)14-4-2-1-3-12(14)9-19-20/h1-7,9H,10H2. The van der Waals surface area contributed by atoms with Gasteiger partial charge in [0.05, 0.1) is 29.8 Å². The number of benzene rings is 2. The molecule has 1 heterocycles. The zero-order chi connectivity index (χ0) is 14.8. The molecule has 0 spiro atoms. The third kappa shape index (κ3) is 2.39. The topological polar surface area (TPSA) is 58.7 Å². The Bertz CT molecular complexity index is 925. The molecule has 0 fully saturated rings. The molecular weight excluding hydrogens is 269 g/mol. The van der Waals surface area contributed by atoms with Gasteiger partial charge in [-0.05, 0) is 24.3 Å². The molecule has 2 aromatic carbocycles. The first-order valence-electron chi connectivity index (χ1n) is 6.32. The summed E-state index contributed by atoms with van der Waals surface area (Å²) in [5, 5.41) is 14.2. The van der Waals surface area contributed by atoms with E-state index in [-0.39, 0.29) is 17.7 Å². The number of fused-ring (bicyclic) bond motifs is 1. The molecule has 0 saturated heterocycles. The molecule has 0 unspecified atom stereocenters. The highest BCUT2D eigenvalue weighted by atomic mass is 19.1. The van der Waals surface area contributed by atoms with Gasteiger partial charge in [-0.25, -0.2) is 9.07 Å². The Hall–Kier alpha value is -3.00. The van der Waals surface area contributed by atoms with Crippen molar-refractivity contribution >= 4 is 10.8 Å². The van der Waals surface area contributed by atoms with E-state index in [1.165, 1.54) is 22.9 Å². The van der Waals surface area contributed by atoms with Crippen molar-refractivity contribution in [1.29, 1.82) is 5.26 Å². The van der Waals surface area contributed by atoms with Crippen LogP contribution in [-0.4, -0.2) is 9.78 Å². The van der Waals surface area contributed by atoms with E-state index in [2.05, 4.69) is 5.10 Å². The van der Waals surface area contributed by atoms with Crippen molar-refractivity contribution in [2.24, 2.45) is 0 Å². The fourth-order valence-corrected chi connectivity index (χ4v) is 2.17. The second kappa shape index (κ2) is 5.17. The summed E-state index contributed by atoms with van der Waals surface area (Å²) in [6, 6.07) is 13.1. The van der Waals surface area contributed by atoms with Crippen LogP contribution in [0.4, 0.5) is 4.39 Å². The normalized spacial score (nSPS) is 10.5. The van der Waals surface area contributed by atoms with E-state index in [1.807, 2.05) is 12.1 Å². The average Bonchev–Trinajstić information content (AvgIpc) is 2.52. The van der Waals surface area contributed by atoms with Crippen molar-refractivity contribution < 1.29 is 4.39 Å². The van der Waals surface area contributed by atoms with E-state index < -0.39 is 5.82 Å². The molecule has 0 aliphatic rings. The third-order valence-corrected chi connectivity index (χ3v) is 3.26. The minimum atomic E-state index is -0.462. The molecule has 1 aromatic heterocycles. The van der Waals surface area contributed by atoms with Crippen LogP contribution in [0.5, 0.6) is 0 Å². The summed E-state index contributed by atoms with van der Waals surface area (Å²) >= 11 is 0. The predicted octanol–water partition coefficient (Wildman–Crippen LogP) is 2.46. The predicted molar refractivity (Wildman–Crippen MR) is 76.2 cm³/mol. The lowest BCUT2D eigenvalue weighted by Gasteiger charge is -2.07. The second-order valence-corrected chi connectivity index (χ2v) is 4.61. The molecule has 0 aliphatic carbocycles. The Morgan fingerprint density at radius 2 is 2.05 bits per heavy atom. The fraction of sp³-hybridized carbons (Fsp3) is 0.0625. The summed E-state index contributed by atoms with van der Waals surface area (Å²) in [5.74, 6) is -0.462. The molecule has 102 valence electrons. The minimum absolute atomic E-state index is 0.00891. The van der Waals surface area contributed by atoms with Gasteiger partial charge in [0, 0.05) is 10.9 Å². The molecule has 0 radical (unpaired) electrons. The molecule has 5 heteroatoms. The van der Waals surface area contributed by atoms with Crippen LogP contribution in [0.15, 0.2) is 53.5 Å². The van der Waals surface area contributed by atoms with Crippen LogP contribution in [0.2, 0.25) is 0 Å². The van der Waals surface area contributed by atoms with Crippen LogP contribution in [0.25, 0.3) is 10.8 Å². The Morgan fingerprint density at radius 3 is 2.86 bits per heavy atom. The lowest BCUT2D eigenvalue weighted by Crippen LogP contribution is -2.23. The SMILES string of the molecule is N#Cc1ccc(F)c(Cn2ncc3ccccc3c2=O)c1. The van der Waals surface area contributed by atoms with Gasteiger partial charge in [0.2, 0.25) is 0 Å². The minimum Gasteiger partial charge on any atom is -0.267 e. The van der Waals surface area contributed by atoms with E-state index in [0.29, 0.717) is 10.9 Å². The number of aromatic nitrogens is 2. The highest BCUT2D eigenvalue weighted by Crippen LogP contribution is 2.12. The van der Waals surface area contributed by atoms with Crippen molar-refractivity contribution in [3.63, 3.8) is 0 Å². The lowest BCUT2D eigenvalue weighted by atomic mass is 10.1. The van der Waals surface area contributed by atoms with Gasteiger partial charge in [-0.1, -0.05) is 18.2 Å². The maximum Gasteiger partial charge on any atom is 0.274 e. The highest BCUT2D eigenvalue weighted by molar-refractivity contribution is 5.80. The maximum absolute atomic E-state index is 13.8. The van der Waals surface area contributed by atoms with Gasteiger partial charge in [-0.15, -0.1) is 0 Å². The molecule has 4 nitrogen and oxygen atoms in total. The number of hydrogen-bond donors (Lipinski definition) is 0. The number of rotatable bonds is 2. The van der Waals surface area contributed by atoms with Crippen molar-refractivity contribution in [1.82, 2.24) is 9.78 Å². The summed E-state index contributed by atoms with van der Waals surface area (Å²) in [5.41, 5.74) is 0.328.